The number of azide groups is 1. The fourth-order valence-electron chi connectivity index (χ4n) is 1.65. The molecule has 0 aromatic rings. The number of rotatable bonds is 6. The third kappa shape index (κ3) is 4.05. The van der Waals surface area contributed by atoms with Crippen LogP contribution >= 0.6 is 0 Å². The Bertz CT molecular complexity index is 246. The van der Waals surface area contributed by atoms with Gasteiger partial charge >= 0.3 is 0 Å². The smallest absolute Gasteiger partial charge is 0.0755 e. The highest BCUT2D eigenvalue weighted by atomic mass is 16.6. The number of nitrogens with zero attached hydrogens (tertiary/aromatic N) is 3. The van der Waals surface area contributed by atoms with Gasteiger partial charge in [-0.05, 0) is 10.9 Å². The molecule has 0 spiro atoms. The van der Waals surface area contributed by atoms with Crippen LogP contribution in [0.5, 0.6) is 0 Å². The molecule has 0 fully saturated rings. The summed E-state index contributed by atoms with van der Waals surface area (Å²) in [5.74, 6) is 5.00. The van der Waals surface area contributed by atoms with Crippen molar-refractivity contribution in [2.24, 2.45) is 21.8 Å². The zero-order valence-electron chi connectivity index (χ0n) is 9.77. The van der Waals surface area contributed by atoms with Crippen molar-refractivity contribution in [3.05, 3.63) is 10.4 Å². The second-order valence-electron chi connectivity index (χ2n) is 5.08. The van der Waals surface area contributed by atoms with Crippen LogP contribution in [0.1, 0.15) is 27.7 Å². The monoisotopic (exact) mass is 216 g/mol. The van der Waals surface area contributed by atoms with E-state index in [9.17, 15) is 5.11 Å². The van der Waals surface area contributed by atoms with E-state index in [1.807, 2.05) is 27.7 Å². The first-order valence-electron chi connectivity index (χ1n) is 4.78. The maximum Gasteiger partial charge on any atom is 0.0755 e. The highest BCUT2D eigenvalue weighted by Gasteiger charge is 2.39. The molecule has 0 radical (unpaired) electrons. The van der Waals surface area contributed by atoms with Crippen LogP contribution in [0.3, 0.4) is 0 Å². The van der Waals surface area contributed by atoms with Gasteiger partial charge in [-0.3, -0.25) is 0 Å². The molecule has 88 valence electrons. The van der Waals surface area contributed by atoms with Crippen LogP contribution in [0.15, 0.2) is 5.11 Å². The second-order valence-corrected chi connectivity index (χ2v) is 5.08. The second kappa shape index (κ2) is 5.32. The van der Waals surface area contributed by atoms with Gasteiger partial charge in [-0.2, -0.15) is 0 Å². The van der Waals surface area contributed by atoms with Crippen molar-refractivity contribution in [2.45, 2.75) is 33.8 Å². The lowest BCUT2D eigenvalue weighted by Gasteiger charge is -2.39. The number of hydrogen-bond acceptors (Lipinski definition) is 4. The molecule has 3 N–H and O–H groups in total. The standard InChI is InChI=1S/C9H20N4O2/c1-8(2,5-12-13-10)7(14)9(3,4)6-15-11/h7,14H,5-6,11H2,1-4H3. The van der Waals surface area contributed by atoms with Crippen molar-refractivity contribution in [1.29, 1.82) is 0 Å². The molecule has 0 aliphatic rings. The number of aliphatic hydroxyl groups excluding tert-OH is 1. The summed E-state index contributed by atoms with van der Waals surface area (Å²) in [4.78, 5) is 7.25. The first kappa shape index (κ1) is 14.2. The summed E-state index contributed by atoms with van der Waals surface area (Å²) in [6.07, 6.45) is -0.668. The first-order chi connectivity index (χ1) is 6.78. The van der Waals surface area contributed by atoms with Crippen LogP contribution in [0, 0.1) is 10.8 Å². The van der Waals surface area contributed by atoms with Crippen LogP contribution in [0.4, 0.5) is 0 Å². The van der Waals surface area contributed by atoms with Gasteiger partial charge in [0, 0.05) is 16.9 Å². The minimum absolute atomic E-state index is 0.235. The molecular weight excluding hydrogens is 196 g/mol. The topological polar surface area (TPSA) is 104 Å². The molecule has 1 atom stereocenters. The Kier molecular flexibility index (Phi) is 5.03. The Morgan fingerprint density at radius 1 is 1.40 bits per heavy atom. The fourth-order valence-corrected chi connectivity index (χ4v) is 1.65. The molecule has 1 unspecified atom stereocenters. The molecular formula is C9H20N4O2. The van der Waals surface area contributed by atoms with Gasteiger partial charge in [-0.1, -0.05) is 32.8 Å². The van der Waals surface area contributed by atoms with Crippen molar-refractivity contribution in [2.75, 3.05) is 13.2 Å². The zero-order valence-corrected chi connectivity index (χ0v) is 9.77. The Morgan fingerprint density at radius 2 is 1.93 bits per heavy atom. The minimum atomic E-state index is -0.668. The van der Waals surface area contributed by atoms with E-state index in [-0.39, 0.29) is 13.2 Å². The number of hydrogen-bond donors (Lipinski definition) is 2. The van der Waals surface area contributed by atoms with Crippen molar-refractivity contribution >= 4 is 0 Å². The number of aliphatic hydroxyl groups is 1. The molecule has 6 heteroatoms. The van der Waals surface area contributed by atoms with E-state index in [4.69, 9.17) is 11.4 Å². The van der Waals surface area contributed by atoms with Crippen molar-refractivity contribution in [1.82, 2.24) is 0 Å². The Morgan fingerprint density at radius 3 is 2.33 bits per heavy atom. The Hall–Kier alpha value is -0.810. The van der Waals surface area contributed by atoms with Crippen molar-refractivity contribution < 1.29 is 9.94 Å². The summed E-state index contributed by atoms with van der Waals surface area (Å²) in [6.45, 7) is 7.85. The maximum atomic E-state index is 10.1. The Labute approximate surface area is 90.0 Å². The molecule has 0 amide bonds. The Balaban J connectivity index is 4.65. The molecule has 0 saturated heterocycles. The lowest BCUT2D eigenvalue weighted by atomic mass is 9.72. The average Bonchev–Trinajstić information content (AvgIpc) is 2.13. The normalized spacial score (nSPS) is 14.5. The maximum absolute atomic E-state index is 10.1. The van der Waals surface area contributed by atoms with Crippen molar-refractivity contribution in [3.63, 3.8) is 0 Å². The lowest BCUT2D eigenvalue weighted by molar-refractivity contribution is -0.0776. The highest BCUT2D eigenvalue weighted by molar-refractivity contribution is 4.90. The fraction of sp³-hybridized carbons (Fsp3) is 1.00. The summed E-state index contributed by atoms with van der Waals surface area (Å²) < 4.78 is 0. The van der Waals surface area contributed by atoms with E-state index in [1.54, 1.807) is 0 Å². The SMILES string of the molecule is CC(C)(CN=[N+]=[N-])C(O)C(C)(C)CON. The molecule has 0 aromatic carbocycles. The molecule has 0 aliphatic carbocycles. The molecule has 0 aliphatic heterocycles. The predicted octanol–water partition coefficient (Wildman–Crippen LogP) is 1.60. The van der Waals surface area contributed by atoms with Crippen LogP contribution in [-0.4, -0.2) is 24.4 Å². The van der Waals surface area contributed by atoms with E-state index < -0.39 is 16.9 Å². The van der Waals surface area contributed by atoms with Crippen LogP contribution < -0.4 is 5.90 Å². The quantitative estimate of drug-likeness (QED) is 0.305. The summed E-state index contributed by atoms with van der Waals surface area (Å²) in [5.41, 5.74) is 7.26. The lowest BCUT2D eigenvalue weighted by Crippen LogP contribution is -2.46. The van der Waals surface area contributed by atoms with Gasteiger partial charge in [0.15, 0.2) is 0 Å². The largest absolute Gasteiger partial charge is 0.392 e. The van der Waals surface area contributed by atoms with Gasteiger partial charge < -0.3 is 9.94 Å². The van der Waals surface area contributed by atoms with Crippen LogP contribution in [0.25, 0.3) is 10.4 Å². The van der Waals surface area contributed by atoms with E-state index in [2.05, 4.69) is 14.9 Å². The van der Waals surface area contributed by atoms with Gasteiger partial charge in [0.05, 0.1) is 12.7 Å². The minimum Gasteiger partial charge on any atom is -0.392 e. The van der Waals surface area contributed by atoms with E-state index in [0.717, 1.165) is 0 Å². The summed E-state index contributed by atoms with van der Waals surface area (Å²) in [6, 6.07) is 0. The number of nitrogens with two attached hydrogens (primary N) is 1. The first-order valence-corrected chi connectivity index (χ1v) is 4.78. The molecule has 0 aromatic heterocycles. The molecule has 6 nitrogen and oxygen atoms in total. The van der Waals surface area contributed by atoms with E-state index in [0.29, 0.717) is 0 Å². The summed E-state index contributed by atoms with van der Waals surface area (Å²) >= 11 is 0. The predicted molar refractivity (Wildman–Crippen MR) is 57.7 cm³/mol. The third-order valence-electron chi connectivity index (χ3n) is 2.48. The highest BCUT2D eigenvalue weighted by Crippen LogP contribution is 2.34. The molecule has 0 rings (SSSR count). The molecule has 0 bridgehead atoms. The van der Waals surface area contributed by atoms with E-state index >= 15 is 0 Å². The summed E-state index contributed by atoms with van der Waals surface area (Å²) in [5, 5.41) is 13.6. The van der Waals surface area contributed by atoms with E-state index in [1.165, 1.54) is 0 Å². The zero-order chi connectivity index (χ0) is 12.1. The molecule has 15 heavy (non-hydrogen) atoms. The van der Waals surface area contributed by atoms with Gasteiger partial charge in [0.25, 0.3) is 0 Å². The van der Waals surface area contributed by atoms with Gasteiger partial charge in [0.1, 0.15) is 0 Å². The van der Waals surface area contributed by atoms with Crippen molar-refractivity contribution in [3.8, 4) is 0 Å². The average molecular weight is 216 g/mol. The molecule has 0 saturated carbocycles. The summed E-state index contributed by atoms with van der Waals surface area (Å²) in [7, 11) is 0. The van der Waals surface area contributed by atoms with Gasteiger partial charge in [-0.25, -0.2) is 5.90 Å². The van der Waals surface area contributed by atoms with Crippen LogP contribution in [-0.2, 0) is 4.84 Å². The van der Waals surface area contributed by atoms with Gasteiger partial charge in [-0.15, -0.1) is 0 Å². The molecule has 0 heterocycles. The van der Waals surface area contributed by atoms with Crippen LogP contribution in [0.2, 0.25) is 0 Å². The third-order valence-corrected chi connectivity index (χ3v) is 2.48. The van der Waals surface area contributed by atoms with Gasteiger partial charge in [0.2, 0.25) is 0 Å².